The number of aromatic hydroxyl groups is 1. The number of phenolic OH excluding ortho intramolecular Hbond substituents is 1. The van der Waals surface area contributed by atoms with Gasteiger partial charge in [0.25, 0.3) is 0 Å². The molecule has 0 radical (unpaired) electrons. The lowest BCUT2D eigenvalue weighted by molar-refractivity contribution is -0.144. The average Bonchev–Trinajstić information content (AvgIpc) is 3.27. The lowest BCUT2D eigenvalue weighted by Gasteiger charge is -2.28. The summed E-state index contributed by atoms with van der Waals surface area (Å²) in [5, 5.41) is 41.8. The van der Waals surface area contributed by atoms with Gasteiger partial charge in [0.2, 0.25) is 17.7 Å². The number of nitrogens with zero attached hydrogens (tertiary/aromatic N) is 1. The van der Waals surface area contributed by atoms with Crippen LogP contribution in [0.4, 0.5) is 0 Å². The van der Waals surface area contributed by atoms with Crippen molar-refractivity contribution in [3.8, 4) is 5.75 Å². The Labute approximate surface area is 194 Å². The summed E-state index contributed by atoms with van der Waals surface area (Å²) in [6.45, 7) is -0.656. The number of nitrogens with one attached hydrogen (secondary N) is 2. The number of hydrogen-bond acceptors (Lipinski definition) is 8. The van der Waals surface area contributed by atoms with Gasteiger partial charge in [0.15, 0.2) is 0 Å². The molecule has 1 aliphatic heterocycles. The largest absolute Gasteiger partial charge is 0.508 e. The van der Waals surface area contributed by atoms with Gasteiger partial charge in [-0.2, -0.15) is 0 Å². The fourth-order valence-electron chi connectivity index (χ4n) is 3.59. The average molecular weight is 480 g/mol. The van der Waals surface area contributed by atoms with E-state index in [0.717, 1.165) is 4.90 Å². The van der Waals surface area contributed by atoms with Crippen LogP contribution in [0, 0.1) is 0 Å². The normalized spacial score (nSPS) is 17.9. The minimum Gasteiger partial charge on any atom is -0.508 e. The quantitative estimate of drug-likeness (QED) is 0.181. The van der Waals surface area contributed by atoms with Crippen molar-refractivity contribution >= 4 is 29.7 Å². The molecular weight excluding hydrogens is 452 g/mol. The zero-order valence-corrected chi connectivity index (χ0v) is 18.2. The first-order valence-electron chi connectivity index (χ1n) is 10.5. The molecule has 0 spiro atoms. The summed E-state index contributed by atoms with van der Waals surface area (Å²) in [5.41, 5.74) is 6.13. The number of carbonyl (C=O) groups excluding carboxylic acids is 3. The predicted molar refractivity (Wildman–Crippen MR) is 115 cm³/mol. The first kappa shape index (κ1) is 26.5. The molecule has 1 saturated heterocycles. The van der Waals surface area contributed by atoms with Gasteiger partial charge < -0.3 is 41.7 Å². The number of carboxylic acids is 2. The van der Waals surface area contributed by atoms with Gasteiger partial charge >= 0.3 is 11.9 Å². The first-order valence-corrected chi connectivity index (χ1v) is 10.5. The third-order valence-electron chi connectivity index (χ3n) is 5.36. The molecule has 0 bridgehead atoms. The van der Waals surface area contributed by atoms with Crippen LogP contribution in [0.15, 0.2) is 24.3 Å². The Kier molecular flexibility index (Phi) is 9.33. The van der Waals surface area contributed by atoms with Crippen molar-refractivity contribution < 1.29 is 44.4 Å². The number of benzene rings is 1. The maximum Gasteiger partial charge on any atom is 0.326 e. The Hall–Kier alpha value is -3.71. The Morgan fingerprint density at radius 3 is 2.26 bits per heavy atom. The van der Waals surface area contributed by atoms with Gasteiger partial charge in [0.1, 0.15) is 23.9 Å². The molecule has 34 heavy (non-hydrogen) atoms. The molecular formula is C21H28N4O9. The third kappa shape index (κ3) is 7.15. The minimum atomic E-state index is -1.49. The molecule has 13 heteroatoms. The monoisotopic (exact) mass is 480 g/mol. The highest BCUT2D eigenvalue weighted by molar-refractivity contribution is 5.95. The molecule has 0 saturated carbocycles. The van der Waals surface area contributed by atoms with Crippen molar-refractivity contribution in [3.63, 3.8) is 0 Å². The van der Waals surface area contributed by atoms with Crippen molar-refractivity contribution in [3.05, 3.63) is 29.8 Å². The van der Waals surface area contributed by atoms with Crippen LogP contribution in [-0.4, -0.2) is 92.3 Å². The maximum atomic E-state index is 12.7. The summed E-state index contributed by atoms with van der Waals surface area (Å²) in [7, 11) is 0. The number of aliphatic hydroxyl groups is 1. The molecule has 0 aromatic heterocycles. The number of hydrogen-bond donors (Lipinski definition) is 7. The highest BCUT2D eigenvalue weighted by Crippen LogP contribution is 2.19. The smallest absolute Gasteiger partial charge is 0.326 e. The Bertz CT molecular complexity index is 921. The summed E-state index contributed by atoms with van der Waals surface area (Å²) in [4.78, 5) is 61.3. The van der Waals surface area contributed by atoms with E-state index in [2.05, 4.69) is 10.6 Å². The summed E-state index contributed by atoms with van der Waals surface area (Å²) >= 11 is 0. The van der Waals surface area contributed by atoms with E-state index in [4.69, 9.17) is 10.8 Å². The van der Waals surface area contributed by atoms with Crippen LogP contribution in [0.25, 0.3) is 0 Å². The molecule has 8 N–H and O–H groups in total. The summed E-state index contributed by atoms with van der Waals surface area (Å²) in [6, 6.07) is 0.502. The highest BCUT2D eigenvalue weighted by atomic mass is 16.4. The fraction of sp³-hybridized carbons (Fsp3) is 0.476. The van der Waals surface area contributed by atoms with Crippen molar-refractivity contribution in [1.29, 1.82) is 0 Å². The Morgan fingerprint density at radius 2 is 1.71 bits per heavy atom. The lowest BCUT2D eigenvalue weighted by atomic mass is 10.1. The van der Waals surface area contributed by atoms with E-state index in [-0.39, 0.29) is 25.1 Å². The van der Waals surface area contributed by atoms with Crippen LogP contribution >= 0.6 is 0 Å². The number of nitrogens with two attached hydrogens (primary N) is 1. The topological polar surface area (TPSA) is 220 Å². The number of likely N-dealkylation sites (tertiary alicyclic amines) is 1. The van der Waals surface area contributed by atoms with Crippen LogP contribution in [0.5, 0.6) is 5.75 Å². The van der Waals surface area contributed by atoms with Gasteiger partial charge in [-0.25, -0.2) is 4.79 Å². The predicted octanol–water partition coefficient (Wildman–Crippen LogP) is -2.23. The van der Waals surface area contributed by atoms with Crippen LogP contribution in [-0.2, 0) is 30.4 Å². The van der Waals surface area contributed by atoms with Gasteiger partial charge in [-0.1, -0.05) is 12.1 Å². The van der Waals surface area contributed by atoms with E-state index in [1.807, 2.05) is 0 Å². The molecule has 4 atom stereocenters. The van der Waals surface area contributed by atoms with Crippen molar-refractivity contribution in [1.82, 2.24) is 15.5 Å². The van der Waals surface area contributed by atoms with E-state index < -0.39 is 66.9 Å². The molecule has 2 rings (SSSR count). The van der Waals surface area contributed by atoms with Crippen molar-refractivity contribution in [2.75, 3.05) is 13.2 Å². The molecule has 13 nitrogen and oxygen atoms in total. The van der Waals surface area contributed by atoms with Crippen molar-refractivity contribution in [2.24, 2.45) is 5.73 Å². The molecule has 1 aromatic rings. The van der Waals surface area contributed by atoms with E-state index in [1.54, 1.807) is 0 Å². The third-order valence-corrected chi connectivity index (χ3v) is 5.36. The number of aliphatic carboxylic acids is 2. The molecule has 1 heterocycles. The maximum absolute atomic E-state index is 12.7. The van der Waals surface area contributed by atoms with E-state index >= 15 is 0 Å². The zero-order chi connectivity index (χ0) is 25.4. The molecule has 1 aromatic carbocycles. The molecule has 186 valence electrons. The van der Waals surface area contributed by atoms with Crippen LogP contribution < -0.4 is 16.4 Å². The number of carbonyl (C=O) groups is 5. The molecule has 1 aliphatic rings. The second kappa shape index (κ2) is 12.0. The standard InChI is InChI=1S/C21H28N4O9/c22-13(9-17(28)29)20(32)25-7-1-2-16(25)19(31)24-15(10-26)18(30)23-14(21(33)34)8-11-3-5-12(27)6-4-11/h3-6,13-16,26-27H,1-2,7-10,22H2,(H,23,30)(H,24,31)(H,28,29)(H,33,34). The lowest BCUT2D eigenvalue weighted by Crippen LogP contribution is -2.58. The second-order valence-corrected chi connectivity index (χ2v) is 7.91. The SMILES string of the molecule is NC(CC(=O)O)C(=O)N1CCCC1C(=O)NC(CO)C(=O)NC(Cc1ccc(O)cc1)C(=O)O. The Balaban J connectivity index is 2.02. The summed E-state index contributed by atoms with van der Waals surface area (Å²) in [5.74, 6) is -5.03. The van der Waals surface area contributed by atoms with Crippen LogP contribution in [0.3, 0.4) is 0 Å². The van der Waals surface area contributed by atoms with Gasteiger partial charge in [0, 0.05) is 13.0 Å². The number of carboxylic acid groups (broad SMARTS) is 2. The van der Waals surface area contributed by atoms with Gasteiger partial charge in [0.05, 0.1) is 19.1 Å². The number of phenols is 1. The zero-order valence-electron chi connectivity index (χ0n) is 18.2. The molecule has 1 fully saturated rings. The van der Waals surface area contributed by atoms with Gasteiger partial charge in [-0.3, -0.25) is 19.2 Å². The summed E-state index contributed by atoms with van der Waals surface area (Å²) in [6.07, 6.45) is -0.0220. The van der Waals surface area contributed by atoms with E-state index in [9.17, 15) is 39.3 Å². The van der Waals surface area contributed by atoms with Crippen LogP contribution in [0.2, 0.25) is 0 Å². The Morgan fingerprint density at radius 1 is 1.06 bits per heavy atom. The fourth-order valence-corrected chi connectivity index (χ4v) is 3.59. The van der Waals surface area contributed by atoms with Crippen LogP contribution in [0.1, 0.15) is 24.8 Å². The second-order valence-electron chi connectivity index (χ2n) is 7.91. The van der Waals surface area contributed by atoms with Crippen molar-refractivity contribution in [2.45, 2.75) is 49.9 Å². The minimum absolute atomic E-state index is 0.00827. The molecule has 3 amide bonds. The molecule has 4 unspecified atom stereocenters. The van der Waals surface area contributed by atoms with Gasteiger partial charge in [-0.15, -0.1) is 0 Å². The van der Waals surface area contributed by atoms with Gasteiger partial charge in [-0.05, 0) is 30.5 Å². The molecule has 0 aliphatic carbocycles. The first-order chi connectivity index (χ1) is 16.0. The number of amides is 3. The highest BCUT2D eigenvalue weighted by Gasteiger charge is 2.38. The van der Waals surface area contributed by atoms with E-state index in [0.29, 0.717) is 12.0 Å². The number of rotatable bonds is 11. The van der Waals surface area contributed by atoms with E-state index in [1.165, 1.54) is 24.3 Å². The number of aliphatic hydroxyl groups excluding tert-OH is 1. The summed E-state index contributed by atoms with van der Waals surface area (Å²) < 4.78 is 0.